The van der Waals surface area contributed by atoms with Gasteiger partial charge in [-0.2, -0.15) is 0 Å². The first-order valence-electron chi connectivity index (χ1n) is 10.7. The summed E-state index contributed by atoms with van der Waals surface area (Å²) in [6, 6.07) is 13.0. The minimum atomic E-state index is -0.0461. The van der Waals surface area contributed by atoms with E-state index in [9.17, 15) is 4.79 Å². The van der Waals surface area contributed by atoms with Gasteiger partial charge >= 0.3 is 0 Å². The first-order chi connectivity index (χ1) is 15.5. The molecule has 1 atom stereocenters. The van der Waals surface area contributed by atoms with Crippen LogP contribution in [-0.2, 0) is 6.61 Å². The minimum Gasteiger partial charge on any atom is -0.497 e. The van der Waals surface area contributed by atoms with Crippen LogP contribution in [-0.4, -0.2) is 36.7 Å². The molecule has 7 heteroatoms. The number of amides is 1. The van der Waals surface area contributed by atoms with E-state index in [1.807, 2.05) is 55.1 Å². The number of aromatic nitrogens is 1. The summed E-state index contributed by atoms with van der Waals surface area (Å²) in [5, 5.41) is 3.95. The molecule has 168 valence electrons. The van der Waals surface area contributed by atoms with E-state index in [1.165, 1.54) is 0 Å². The second-order valence-electron chi connectivity index (χ2n) is 7.88. The Morgan fingerprint density at radius 1 is 1.12 bits per heavy atom. The Labute approximate surface area is 187 Å². The minimum absolute atomic E-state index is 0.0202. The number of ether oxygens (including phenoxy) is 3. The van der Waals surface area contributed by atoms with Gasteiger partial charge in [-0.1, -0.05) is 11.2 Å². The zero-order valence-corrected chi connectivity index (χ0v) is 18.9. The molecule has 0 aliphatic carbocycles. The lowest BCUT2D eigenvalue weighted by atomic mass is 10.0. The SMILES string of the molecule is COc1ccc(C2CCCN2C(=O)c2cccc(OCc3c(C)noc3C)c2)c(OC)c1. The highest BCUT2D eigenvalue weighted by Gasteiger charge is 2.32. The largest absolute Gasteiger partial charge is 0.497 e. The van der Waals surface area contributed by atoms with Crippen molar-refractivity contribution in [1.82, 2.24) is 10.1 Å². The topological polar surface area (TPSA) is 74.0 Å². The van der Waals surface area contributed by atoms with E-state index in [1.54, 1.807) is 20.3 Å². The van der Waals surface area contributed by atoms with Crippen molar-refractivity contribution in [2.75, 3.05) is 20.8 Å². The molecule has 0 bridgehead atoms. The van der Waals surface area contributed by atoms with Gasteiger partial charge in [0.15, 0.2) is 0 Å². The van der Waals surface area contributed by atoms with Crippen LogP contribution in [0.2, 0.25) is 0 Å². The van der Waals surface area contributed by atoms with E-state index >= 15 is 0 Å². The van der Waals surface area contributed by atoms with Gasteiger partial charge in [-0.05, 0) is 57.0 Å². The molecule has 1 fully saturated rings. The first-order valence-corrected chi connectivity index (χ1v) is 10.7. The van der Waals surface area contributed by atoms with Gasteiger partial charge in [0.25, 0.3) is 5.91 Å². The lowest BCUT2D eigenvalue weighted by Gasteiger charge is -2.27. The monoisotopic (exact) mass is 436 g/mol. The third-order valence-corrected chi connectivity index (χ3v) is 5.96. The maximum absolute atomic E-state index is 13.4. The molecule has 1 amide bonds. The van der Waals surface area contributed by atoms with Crippen molar-refractivity contribution < 1.29 is 23.5 Å². The van der Waals surface area contributed by atoms with Crippen molar-refractivity contribution in [2.45, 2.75) is 39.3 Å². The summed E-state index contributed by atoms with van der Waals surface area (Å²) >= 11 is 0. The molecule has 7 nitrogen and oxygen atoms in total. The number of rotatable bonds is 7. The molecule has 0 spiro atoms. The van der Waals surface area contributed by atoms with Crippen LogP contribution in [0.1, 0.15) is 51.8 Å². The second-order valence-corrected chi connectivity index (χ2v) is 7.88. The molecule has 1 unspecified atom stereocenters. The van der Waals surface area contributed by atoms with Gasteiger partial charge in [0, 0.05) is 23.7 Å². The molecule has 32 heavy (non-hydrogen) atoms. The summed E-state index contributed by atoms with van der Waals surface area (Å²) in [5.41, 5.74) is 3.32. The molecule has 1 aliphatic heterocycles. The molecule has 0 radical (unpaired) electrons. The Kier molecular flexibility index (Phi) is 6.35. The average molecular weight is 437 g/mol. The molecule has 2 heterocycles. The van der Waals surface area contributed by atoms with Gasteiger partial charge in [0.2, 0.25) is 0 Å². The number of carbonyl (C=O) groups is 1. The second kappa shape index (κ2) is 9.34. The summed E-state index contributed by atoms with van der Waals surface area (Å²) in [6.07, 6.45) is 1.82. The van der Waals surface area contributed by atoms with Crippen LogP contribution in [0.25, 0.3) is 0 Å². The van der Waals surface area contributed by atoms with Gasteiger partial charge in [-0.25, -0.2) is 0 Å². The predicted molar refractivity (Wildman–Crippen MR) is 119 cm³/mol. The number of hydrogen-bond acceptors (Lipinski definition) is 6. The Bertz CT molecular complexity index is 1090. The first kappa shape index (κ1) is 21.7. The quantitative estimate of drug-likeness (QED) is 0.526. The van der Waals surface area contributed by atoms with Crippen molar-refractivity contribution >= 4 is 5.91 Å². The van der Waals surface area contributed by atoms with Crippen LogP contribution in [0.15, 0.2) is 47.0 Å². The van der Waals surface area contributed by atoms with E-state index in [-0.39, 0.29) is 11.9 Å². The lowest BCUT2D eigenvalue weighted by Crippen LogP contribution is -2.30. The van der Waals surface area contributed by atoms with Crippen molar-refractivity contribution in [3.05, 3.63) is 70.6 Å². The van der Waals surface area contributed by atoms with E-state index in [0.717, 1.165) is 46.9 Å². The molecule has 1 aliphatic rings. The van der Waals surface area contributed by atoms with E-state index < -0.39 is 0 Å². The molecule has 0 N–H and O–H groups in total. The fourth-order valence-corrected chi connectivity index (χ4v) is 4.18. The summed E-state index contributed by atoms with van der Waals surface area (Å²) < 4.78 is 22.0. The fourth-order valence-electron chi connectivity index (χ4n) is 4.18. The van der Waals surface area contributed by atoms with Crippen LogP contribution < -0.4 is 14.2 Å². The van der Waals surface area contributed by atoms with E-state index in [4.69, 9.17) is 18.7 Å². The Morgan fingerprint density at radius 2 is 1.97 bits per heavy atom. The highest BCUT2D eigenvalue weighted by Crippen LogP contribution is 2.39. The van der Waals surface area contributed by atoms with E-state index in [0.29, 0.717) is 24.5 Å². The summed E-state index contributed by atoms with van der Waals surface area (Å²) in [7, 11) is 3.26. The Balaban J connectivity index is 1.53. The smallest absolute Gasteiger partial charge is 0.254 e. The van der Waals surface area contributed by atoms with Crippen molar-refractivity contribution in [1.29, 1.82) is 0 Å². The normalized spacial score (nSPS) is 15.6. The summed E-state index contributed by atoms with van der Waals surface area (Å²) in [5.74, 6) is 2.81. The zero-order valence-electron chi connectivity index (χ0n) is 18.9. The van der Waals surface area contributed by atoms with Gasteiger partial charge in [-0.3, -0.25) is 4.79 Å². The number of benzene rings is 2. The third-order valence-electron chi connectivity index (χ3n) is 5.96. The number of nitrogens with zero attached hydrogens (tertiary/aromatic N) is 2. The maximum Gasteiger partial charge on any atom is 0.254 e. The average Bonchev–Trinajstić information content (AvgIpc) is 3.43. The fraction of sp³-hybridized carbons (Fsp3) is 0.360. The molecule has 0 saturated carbocycles. The van der Waals surface area contributed by atoms with Crippen LogP contribution in [0.3, 0.4) is 0 Å². The number of hydrogen-bond donors (Lipinski definition) is 0. The molecule has 3 aromatic rings. The van der Waals surface area contributed by atoms with Gasteiger partial charge in [0.05, 0.1) is 31.5 Å². The number of likely N-dealkylation sites (tertiary alicyclic amines) is 1. The third kappa shape index (κ3) is 4.28. The molecule has 1 aromatic heterocycles. The molecule has 2 aromatic carbocycles. The number of carbonyl (C=O) groups excluding carboxylic acids is 1. The van der Waals surface area contributed by atoms with Gasteiger partial charge in [-0.15, -0.1) is 0 Å². The molecular weight excluding hydrogens is 408 g/mol. The summed E-state index contributed by atoms with van der Waals surface area (Å²) in [4.78, 5) is 15.3. The summed E-state index contributed by atoms with van der Waals surface area (Å²) in [6.45, 7) is 4.78. The molecular formula is C25H28N2O5. The van der Waals surface area contributed by atoms with Crippen LogP contribution >= 0.6 is 0 Å². The van der Waals surface area contributed by atoms with Crippen LogP contribution in [0.4, 0.5) is 0 Å². The molecule has 4 rings (SSSR count). The van der Waals surface area contributed by atoms with Crippen molar-refractivity contribution in [3.63, 3.8) is 0 Å². The van der Waals surface area contributed by atoms with Gasteiger partial charge < -0.3 is 23.6 Å². The van der Waals surface area contributed by atoms with Crippen LogP contribution in [0.5, 0.6) is 17.2 Å². The van der Waals surface area contributed by atoms with Crippen molar-refractivity contribution in [2.24, 2.45) is 0 Å². The predicted octanol–water partition coefficient (Wildman–Crippen LogP) is 4.86. The highest BCUT2D eigenvalue weighted by molar-refractivity contribution is 5.95. The molecule has 1 saturated heterocycles. The van der Waals surface area contributed by atoms with Crippen molar-refractivity contribution in [3.8, 4) is 17.2 Å². The number of aryl methyl sites for hydroxylation is 2. The maximum atomic E-state index is 13.4. The zero-order chi connectivity index (χ0) is 22.7. The van der Waals surface area contributed by atoms with E-state index in [2.05, 4.69) is 5.16 Å². The van der Waals surface area contributed by atoms with Gasteiger partial charge in [0.1, 0.15) is 29.6 Å². The highest BCUT2D eigenvalue weighted by atomic mass is 16.5. The number of methoxy groups -OCH3 is 2. The Morgan fingerprint density at radius 3 is 2.69 bits per heavy atom. The standard InChI is InChI=1S/C25H28N2O5/c1-16-22(17(2)32-26-16)15-31-20-8-5-7-18(13-20)25(28)27-12-6-9-23(27)21-11-10-19(29-3)14-24(21)30-4/h5,7-8,10-11,13-14,23H,6,9,12,15H2,1-4H3. The van der Waals surface area contributed by atoms with Crippen LogP contribution in [0, 0.1) is 13.8 Å². The Hall–Kier alpha value is -3.48. The lowest BCUT2D eigenvalue weighted by molar-refractivity contribution is 0.0733.